The van der Waals surface area contributed by atoms with Crippen LogP contribution in [0.15, 0.2) is 115 Å². The Kier molecular flexibility index (Phi) is 10.8. The lowest BCUT2D eigenvalue weighted by atomic mass is 9.88. The lowest BCUT2D eigenvalue weighted by Crippen LogP contribution is -2.52. The number of hydrogen-bond acceptors (Lipinski definition) is 7. The Balaban J connectivity index is 0.938. The molecule has 0 saturated carbocycles. The third kappa shape index (κ3) is 7.85. The number of amides is 3. The number of nitrogens with one attached hydrogen (secondary N) is 1. The van der Waals surface area contributed by atoms with Crippen LogP contribution in [0.1, 0.15) is 71.6 Å². The van der Waals surface area contributed by atoms with Gasteiger partial charge in [-0.15, -0.1) is 0 Å². The minimum absolute atomic E-state index is 0.199. The predicted molar refractivity (Wildman–Crippen MR) is 210 cm³/mol. The summed E-state index contributed by atoms with van der Waals surface area (Å²) in [4.78, 5) is 38.7. The molecule has 9 heteroatoms. The predicted octanol–water partition coefficient (Wildman–Crippen LogP) is 8.01. The van der Waals surface area contributed by atoms with E-state index in [0.29, 0.717) is 43.2 Å². The van der Waals surface area contributed by atoms with Gasteiger partial charge >= 0.3 is 0 Å². The number of imide groups is 1. The maximum absolute atomic E-state index is 13.1. The number of allylic oxidation sites excluding steroid dienone is 1. The van der Waals surface area contributed by atoms with Gasteiger partial charge in [0.1, 0.15) is 23.3 Å². The second-order valence-corrected chi connectivity index (χ2v) is 13.6. The summed E-state index contributed by atoms with van der Waals surface area (Å²) in [7, 11) is 0. The van der Waals surface area contributed by atoms with Crippen LogP contribution in [-0.2, 0) is 16.1 Å². The van der Waals surface area contributed by atoms with Gasteiger partial charge in [-0.25, -0.2) is 0 Å². The molecule has 0 aromatic heterocycles. The largest absolute Gasteiger partial charge is 0.508 e. The highest BCUT2D eigenvalue weighted by atomic mass is 16.5. The van der Waals surface area contributed by atoms with Crippen LogP contribution in [0.2, 0.25) is 0 Å². The van der Waals surface area contributed by atoms with Crippen LogP contribution in [0.25, 0.3) is 22.3 Å². The van der Waals surface area contributed by atoms with Gasteiger partial charge in [0.2, 0.25) is 11.8 Å². The third-order valence-electron chi connectivity index (χ3n) is 10.0. The number of rotatable bonds is 13. The fraction of sp³-hybridized carbons (Fsp3) is 0.222. The van der Waals surface area contributed by atoms with Crippen LogP contribution in [0.3, 0.4) is 0 Å². The maximum atomic E-state index is 13.1. The summed E-state index contributed by atoms with van der Waals surface area (Å²) in [6.45, 7) is 3.47. The highest BCUT2D eigenvalue weighted by Crippen LogP contribution is 2.36. The molecule has 0 bridgehead atoms. The summed E-state index contributed by atoms with van der Waals surface area (Å²) in [6.07, 6.45) is 2.95. The van der Waals surface area contributed by atoms with Gasteiger partial charge in [0.15, 0.2) is 0 Å². The van der Waals surface area contributed by atoms with Gasteiger partial charge in [-0.1, -0.05) is 73.7 Å². The second-order valence-electron chi connectivity index (χ2n) is 13.6. The number of hydrogen-bond donors (Lipinski definition) is 3. The summed E-state index contributed by atoms with van der Waals surface area (Å²) in [5.74, 6) is 0.683. The molecule has 2 aliphatic rings. The summed E-state index contributed by atoms with van der Waals surface area (Å²) >= 11 is 0. The van der Waals surface area contributed by atoms with Gasteiger partial charge in [0.25, 0.3) is 5.91 Å². The molecule has 1 atom stereocenters. The molecule has 0 spiro atoms. The zero-order chi connectivity index (χ0) is 37.6. The molecule has 4 N–H and O–H groups in total. The number of fused-ring (bicyclic) bond motifs is 1. The molecule has 2 heterocycles. The van der Waals surface area contributed by atoms with Crippen molar-refractivity contribution in [1.29, 1.82) is 0 Å². The van der Waals surface area contributed by atoms with Crippen LogP contribution in [0, 0.1) is 0 Å². The van der Waals surface area contributed by atoms with E-state index in [1.807, 2.05) is 60.7 Å². The van der Waals surface area contributed by atoms with Crippen molar-refractivity contribution in [1.82, 2.24) is 10.2 Å². The van der Waals surface area contributed by atoms with Crippen molar-refractivity contribution in [3.63, 3.8) is 0 Å². The van der Waals surface area contributed by atoms with Gasteiger partial charge < -0.3 is 25.2 Å². The van der Waals surface area contributed by atoms with Crippen LogP contribution in [-0.4, -0.2) is 47.0 Å². The average Bonchev–Trinajstić information content (AvgIpc) is 3.51. The number of benzene rings is 5. The topological polar surface area (TPSA) is 131 Å². The average molecular weight is 722 g/mol. The number of carbonyl (C=O) groups excluding carboxylic acids is 3. The first-order valence-electron chi connectivity index (χ1n) is 18.4. The van der Waals surface area contributed by atoms with Crippen molar-refractivity contribution in [3.05, 3.63) is 143 Å². The fourth-order valence-electron chi connectivity index (χ4n) is 7.19. The van der Waals surface area contributed by atoms with Gasteiger partial charge in [-0.05, 0) is 119 Å². The summed E-state index contributed by atoms with van der Waals surface area (Å²) in [6, 6.07) is 36.5. The molecule has 5 aromatic rings. The van der Waals surface area contributed by atoms with Crippen molar-refractivity contribution in [2.24, 2.45) is 0 Å². The first kappa shape index (κ1) is 36.0. The zero-order valence-corrected chi connectivity index (χ0v) is 30.2. The lowest BCUT2D eigenvalue weighted by molar-refractivity contribution is -0.136. The number of ether oxygens (including phenoxy) is 2. The molecule has 1 saturated heterocycles. The highest BCUT2D eigenvalue weighted by molar-refractivity contribution is 6.05. The highest BCUT2D eigenvalue weighted by Gasteiger charge is 2.39. The van der Waals surface area contributed by atoms with Gasteiger partial charge in [0.05, 0.1) is 18.9 Å². The van der Waals surface area contributed by atoms with E-state index in [4.69, 9.17) is 15.2 Å². The Morgan fingerprint density at radius 1 is 0.796 bits per heavy atom. The minimum Gasteiger partial charge on any atom is -0.508 e. The molecule has 2 aliphatic heterocycles. The van der Waals surface area contributed by atoms with Crippen LogP contribution >= 0.6 is 0 Å². The molecule has 5 aromatic carbocycles. The smallest absolute Gasteiger partial charge is 0.255 e. The molecular weight excluding hydrogens is 679 g/mol. The van der Waals surface area contributed by atoms with Crippen LogP contribution in [0.5, 0.6) is 17.2 Å². The second kappa shape index (κ2) is 16.1. The van der Waals surface area contributed by atoms with Gasteiger partial charge in [-0.3, -0.25) is 19.7 Å². The first-order valence-corrected chi connectivity index (χ1v) is 18.4. The summed E-state index contributed by atoms with van der Waals surface area (Å²) < 4.78 is 12.2. The molecule has 54 heavy (non-hydrogen) atoms. The Labute approximate surface area is 315 Å². The molecule has 7 rings (SSSR count). The van der Waals surface area contributed by atoms with Crippen molar-refractivity contribution < 1.29 is 29.0 Å². The van der Waals surface area contributed by atoms with Crippen molar-refractivity contribution in [2.45, 2.75) is 51.6 Å². The summed E-state index contributed by atoms with van der Waals surface area (Å²) in [5, 5.41) is 12.3. The first-order chi connectivity index (χ1) is 26.3. The Hall–Kier alpha value is -6.35. The Bertz CT molecular complexity index is 2200. The van der Waals surface area contributed by atoms with E-state index in [-0.39, 0.29) is 24.0 Å². The van der Waals surface area contributed by atoms with E-state index in [9.17, 15) is 19.5 Å². The third-order valence-corrected chi connectivity index (χ3v) is 10.0. The molecule has 0 aliphatic carbocycles. The lowest BCUT2D eigenvalue weighted by Gasteiger charge is -2.29. The van der Waals surface area contributed by atoms with Gasteiger partial charge in [-0.2, -0.15) is 0 Å². The number of phenolic OH excluding ortho intramolecular Hbond substituents is 1. The van der Waals surface area contributed by atoms with E-state index >= 15 is 0 Å². The Morgan fingerprint density at radius 2 is 1.46 bits per heavy atom. The molecular formula is C45H43N3O6. The van der Waals surface area contributed by atoms with Crippen LogP contribution < -0.4 is 20.5 Å². The molecule has 274 valence electrons. The van der Waals surface area contributed by atoms with Crippen molar-refractivity contribution >= 4 is 34.6 Å². The van der Waals surface area contributed by atoms with Crippen molar-refractivity contribution in [2.75, 3.05) is 18.9 Å². The number of nitrogens with two attached hydrogens (primary N) is 1. The quantitative estimate of drug-likeness (QED) is 0.0486. The number of phenols is 1. The maximum Gasteiger partial charge on any atom is 0.255 e. The molecule has 3 amide bonds. The van der Waals surface area contributed by atoms with E-state index in [1.54, 1.807) is 23.1 Å². The number of nitrogens with zero attached hydrogens (tertiary/aromatic N) is 1. The number of piperidine rings is 1. The zero-order valence-electron chi connectivity index (χ0n) is 30.2. The van der Waals surface area contributed by atoms with Crippen molar-refractivity contribution in [3.8, 4) is 28.4 Å². The molecule has 1 unspecified atom stereocenters. The number of anilines is 1. The van der Waals surface area contributed by atoms with E-state index in [2.05, 4.69) is 48.6 Å². The summed E-state index contributed by atoms with van der Waals surface area (Å²) in [5.41, 5.74) is 15.7. The number of nitrogen functional groups attached to an aromatic ring is 1. The van der Waals surface area contributed by atoms with E-state index in [1.165, 1.54) is 11.1 Å². The number of unbranched alkanes of at least 4 members (excludes halogenated alkanes) is 1. The van der Waals surface area contributed by atoms with Crippen LogP contribution in [0.4, 0.5) is 5.69 Å². The van der Waals surface area contributed by atoms with E-state index < -0.39 is 11.9 Å². The number of aromatic hydroxyl groups is 1. The van der Waals surface area contributed by atoms with E-state index in [0.717, 1.165) is 58.4 Å². The molecule has 0 radical (unpaired) electrons. The van der Waals surface area contributed by atoms with Gasteiger partial charge in [0, 0.05) is 18.5 Å². The molecule has 9 nitrogen and oxygen atoms in total. The minimum atomic E-state index is -0.652. The standard InChI is InChI=1S/C45H43N3O6/c1-2-37(29-8-4-3-5-9-29)43(30-10-16-35(49)17-11-30)31-12-18-36(19-13-31)53-24-6-7-25-54-41-27-33(15-21-39(41)46)32-14-20-38-34(26-32)28-48(45(38)52)40-22-23-42(50)47-44(40)51/h3-5,8-21,26-27,40,49H,2,6-7,22-25,28,46H2,1H3,(H,47,50,51). The monoisotopic (exact) mass is 721 g/mol. The SMILES string of the molecule is CCC(=C(c1ccc(O)cc1)c1ccc(OCCCCOc2cc(-c3ccc4c(c3)CN(C3CCC(=O)NC3=O)C4=O)ccc2N)cc1)c1ccccc1. The Morgan fingerprint density at radius 3 is 2.17 bits per heavy atom. The molecule has 1 fully saturated rings. The normalized spacial score (nSPS) is 15.8. The number of carbonyl (C=O) groups is 3. The fourth-order valence-corrected chi connectivity index (χ4v) is 7.19.